The van der Waals surface area contributed by atoms with Crippen LogP contribution in [0.4, 0.5) is 0 Å². The molecule has 148 valence electrons. The number of esters is 1. The van der Waals surface area contributed by atoms with Gasteiger partial charge in [0.2, 0.25) is 0 Å². The smallest absolute Gasteiger partial charge is 0.339 e. The van der Waals surface area contributed by atoms with Crippen LogP contribution in [0.3, 0.4) is 0 Å². The largest absolute Gasteiger partial charge is 0.463 e. The SMILES string of the molecule is CCCCCCCC(C)CCOC(=O)[C@H](OC)c1cccc2ccccc12. The Labute approximate surface area is 164 Å². The summed E-state index contributed by atoms with van der Waals surface area (Å²) in [4.78, 5) is 12.6. The third-order valence-electron chi connectivity index (χ3n) is 5.21. The van der Waals surface area contributed by atoms with Gasteiger partial charge in [-0.3, -0.25) is 0 Å². The Morgan fingerprint density at radius 2 is 1.70 bits per heavy atom. The lowest BCUT2D eigenvalue weighted by molar-refractivity contribution is -0.156. The number of fused-ring (bicyclic) bond motifs is 1. The van der Waals surface area contributed by atoms with Gasteiger partial charge in [-0.1, -0.05) is 94.8 Å². The van der Waals surface area contributed by atoms with E-state index in [0.29, 0.717) is 12.5 Å². The summed E-state index contributed by atoms with van der Waals surface area (Å²) in [5.41, 5.74) is 0.865. The molecule has 3 nitrogen and oxygen atoms in total. The summed E-state index contributed by atoms with van der Waals surface area (Å²) in [5, 5.41) is 2.13. The normalized spacial score (nSPS) is 13.4. The molecule has 27 heavy (non-hydrogen) atoms. The van der Waals surface area contributed by atoms with Gasteiger partial charge in [0.15, 0.2) is 6.10 Å². The molecule has 0 saturated heterocycles. The summed E-state index contributed by atoms with van der Waals surface area (Å²) in [6.45, 7) is 4.94. The van der Waals surface area contributed by atoms with Crippen molar-refractivity contribution < 1.29 is 14.3 Å². The highest BCUT2D eigenvalue weighted by atomic mass is 16.6. The molecular weight excluding hydrogens is 336 g/mol. The predicted octanol–water partition coefficient (Wildman–Crippen LogP) is 6.46. The zero-order valence-corrected chi connectivity index (χ0v) is 17.1. The molecular formula is C24H34O3. The van der Waals surface area contributed by atoms with Crippen LogP contribution < -0.4 is 0 Å². The molecule has 2 atom stereocenters. The van der Waals surface area contributed by atoms with Crippen molar-refractivity contribution in [1.29, 1.82) is 0 Å². The molecule has 0 heterocycles. The minimum absolute atomic E-state index is 0.302. The van der Waals surface area contributed by atoms with E-state index in [1.807, 2.05) is 42.5 Å². The summed E-state index contributed by atoms with van der Waals surface area (Å²) in [6.07, 6.45) is 7.96. The summed E-state index contributed by atoms with van der Waals surface area (Å²) in [7, 11) is 1.56. The fraction of sp³-hybridized carbons (Fsp3) is 0.542. The lowest BCUT2D eigenvalue weighted by atomic mass is 9.99. The third-order valence-corrected chi connectivity index (χ3v) is 5.21. The van der Waals surface area contributed by atoms with Gasteiger partial charge in [0, 0.05) is 7.11 Å². The van der Waals surface area contributed by atoms with Crippen molar-refractivity contribution in [3.63, 3.8) is 0 Å². The maximum absolute atomic E-state index is 12.6. The van der Waals surface area contributed by atoms with Crippen LogP contribution in [0, 0.1) is 5.92 Å². The quantitative estimate of drug-likeness (QED) is 0.318. The van der Waals surface area contributed by atoms with Gasteiger partial charge in [-0.15, -0.1) is 0 Å². The molecule has 2 aromatic carbocycles. The molecule has 0 radical (unpaired) electrons. The van der Waals surface area contributed by atoms with Crippen LogP contribution >= 0.6 is 0 Å². The Morgan fingerprint density at radius 3 is 2.48 bits per heavy atom. The number of benzene rings is 2. The molecule has 1 unspecified atom stereocenters. The zero-order valence-electron chi connectivity index (χ0n) is 17.1. The molecule has 0 aliphatic heterocycles. The molecule has 0 N–H and O–H groups in total. The highest BCUT2D eigenvalue weighted by Crippen LogP contribution is 2.27. The first kappa shape index (κ1) is 21.4. The number of unbranched alkanes of at least 4 members (excludes halogenated alkanes) is 4. The molecule has 0 fully saturated rings. The van der Waals surface area contributed by atoms with Crippen LogP contribution in [0.2, 0.25) is 0 Å². The molecule has 0 amide bonds. The number of carbonyl (C=O) groups is 1. The average molecular weight is 371 g/mol. The van der Waals surface area contributed by atoms with Crippen LogP contribution in [-0.4, -0.2) is 19.7 Å². The summed E-state index contributed by atoms with van der Waals surface area (Å²) in [6, 6.07) is 14.0. The van der Waals surface area contributed by atoms with Crippen molar-refractivity contribution in [1.82, 2.24) is 0 Å². The Kier molecular flexibility index (Phi) is 9.34. The second-order valence-electron chi connectivity index (χ2n) is 7.45. The molecule has 0 saturated carbocycles. The molecule has 0 spiro atoms. The van der Waals surface area contributed by atoms with E-state index in [9.17, 15) is 4.79 Å². The van der Waals surface area contributed by atoms with Crippen molar-refractivity contribution in [2.45, 2.75) is 64.9 Å². The molecule has 3 heteroatoms. The van der Waals surface area contributed by atoms with Crippen LogP contribution in [0.5, 0.6) is 0 Å². The van der Waals surface area contributed by atoms with Crippen LogP contribution in [0.1, 0.15) is 70.5 Å². The molecule has 0 aliphatic rings. The van der Waals surface area contributed by atoms with E-state index >= 15 is 0 Å². The van der Waals surface area contributed by atoms with Gasteiger partial charge in [0.05, 0.1) is 6.61 Å². The maximum atomic E-state index is 12.6. The second-order valence-corrected chi connectivity index (χ2v) is 7.45. The summed E-state index contributed by atoms with van der Waals surface area (Å²) < 4.78 is 11.0. The number of rotatable bonds is 12. The van der Waals surface area contributed by atoms with Crippen molar-refractivity contribution >= 4 is 16.7 Å². The topological polar surface area (TPSA) is 35.5 Å². The molecule has 0 aromatic heterocycles. The van der Waals surface area contributed by atoms with Crippen molar-refractivity contribution in [2.24, 2.45) is 5.92 Å². The minimum atomic E-state index is -0.680. The lowest BCUT2D eigenvalue weighted by Gasteiger charge is -2.18. The fourth-order valence-electron chi connectivity index (χ4n) is 3.51. The van der Waals surface area contributed by atoms with Crippen molar-refractivity contribution in [3.05, 3.63) is 48.0 Å². The molecule has 2 rings (SSSR count). The first-order valence-corrected chi connectivity index (χ1v) is 10.3. The van der Waals surface area contributed by atoms with E-state index in [1.165, 1.54) is 38.5 Å². The lowest BCUT2D eigenvalue weighted by Crippen LogP contribution is -2.19. The summed E-state index contributed by atoms with van der Waals surface area (Å²) >= 11 is 0. The van der Waals surface area contributed by atoms with Gasteiger partial charge in [0.1, 0.15) is 0 Å². The van der Waals surface area contributed by atoms with Crippen LogP contribution in [-0.2, 0) is 14.3 Å². The molecule has 0 bridgehead atoms. The standard InChI is InChI=1S/C24H34O3/c1-4-5-6-7-8-12-19(2)17-18-27-24(25)23(26-3)22-16-11-14-20-13-9-10-15-21(20)22/h9-11,13-16,19,23H,4-8,12,17-18H2,1-3H3/t19?,23-/m1/s1. The Morgan fingerprint density at radius 1 is 0.963 bits per heavy atom. The van der Waals surface area contributed by atoms with Gasteiger partial charge in [-0.25, -0.2) is 4.79 Å². The number of hydrogen-bond acceptors (Lipinski definition) is 3. The Bertz CT molecular complexity index is 690. The maximum Gasteiger partial charge on any atom is 0.339 e. The number of ether oxygens (including phenoxy) is 2. The Balaban J connectivity index is 1.83. The summed E-state index contributed by atoms with van der Waals surface area (Å²) in [5.74, 6) is 0.280. The van der Waals surface area contributed by atoms with Gasteiger partial charge in [0.25, 0.3) is 0 Å². The van der Waals surface area contributed by atoms with Gasteiger partial charge in [-0.05, 0) is 28.7 Å². The fourth-order valence-corrected chi connectivity index (χ4v) is 3.51. The zero-order chi connectivity index (χ0) is 19.5. The predicted molar refractivity (Wildman–Crippen MR) is 112 cm³/mol. The highest BCUT2D eigenvalue weighted by molar-refractivity contribution is 5.90. The average Bonchev–Trinajstić information content (AvgIpc) is 2.68. The van der Waals surface area contributed by atoms with Crippen LogP contribution in [0.25, 0.3) is 10.8 Å². The van der Waals surface area contributed by atoms with E-state index in [0.717, 1.165) is 22.8 Å². The number of methoxy groups -OCH3 is 1. The first-order chi connectivity index (χ1) is 13.2. The Hall–Kier alpha value is -1.87. The second kappa shape index (κ2) is 11.8. The van der Waals surface area contributed by atoms with Crippen molar-refractivity contribution in [3.8, 4) is 0 Å². The third kappa shape index (κ3) is 6.66. The van der Waals surface area contributed by atoms with E-state index in [1.54, 1.807) is 7.11 Å². The highest BCUT2D eigenvalue weighted by Gasteiger charge is 2.23. The van der Waals surface area contributed by atoms with Gasteiger partial charge < -0.3 is 9.47 Å². The van der Waals surface area contributed by atoms with E-state index in [-0.39, 0.29) is 5.97 Å². The van der Waals surface area contributed by atoms with E-state index < -0.39 is 6.10 Å². The first-order valence-electron chi connectivity index (χ1n) is 10.3. The monoisotopic (exact) mass is 370 g/mol. The minimum Gasteiger partial charge on any atom is -0.463 e. The van der Waals surface area contributed by atoms with Crippen molar-refractivity contribution in [2.75, 3.05) is 13.7 Å². The van der Waals surface area contributed by atoms with E-state index in [4.69, 9.17) is 9.47 Å². The number of hydrogen-bond donors (Lipinski definition) is 0. The van der Waals surface area contributed by atoms with E-state index in [2.05, 4.69) is 13.8 Å². The molecule has 2 aromatic rings. The van der Waals surface area contributed by atoms with Crippen LogP contribution in [0.15, 0.2) is 42.5 Å². The number of carbonyl (C=O) groups excluding carboxylic acids is 1. The van der Waals surface area contributed by atoms with Gasteiger partial charge in [-0.2, -0.15) is 0 Å². The molecule has 0 aliphatic carbocycles. The van der Waals surface area contributed by atoms with Gasteiger partial charge >= 0.3 is 5.97 Å².